The van der Waals surface area contributed by atoms with E-state index in [2.05, 4.69) is 46.8 Å². The molecule has 80 valence electrons. The van der Waals surface area contributed by atoms with E-state index in [0.29, 0.717) is 23.8 Å². The molecule has 0 radical (unpaired) electrons. The largest absolute Gasteiger partial charge is 0.290 e. The van der Waals surface area contributed by atoms with Crippen molar-refractivity contribution in [3.8, 4) is 0 Å². The van der Waals surface area contributed by atoms with Gasteiger partial charge >= 0.3 is 0 Å². The Balaban J connectivity index is 2.90. The number of rotatable bonds is 1. The smallest absolute Gasteiger partial charge is 0.0504 e. The van der Waals surface area contributed by atoms with Crippen molar-refractivity contribution >= 4 is 5.71 Å². The molecule has 0 unspecified atom stereocenters. The minimum atomic E-state index is 0.474. The van der Waals surface area contributed by atoms with Gasteiger partial charge in [0.1, 0.15) is 0 Å². The van der Waals surface area contributed by atoms with Crippen molar-refractivity contribution in [3.63, 3.8) is 0 Å². The first-order valence-corrected chi connectivity index (χ1v) is 5.78. The zero-order valence-corrected chi connectivity index (χ0v) is 10.1. The zero-order chi connectivity index (χ0) is 10.7. The average Bonchev–Trinajstić information content (AvgIpc) is 2.13. The van der Waals surface area contributed by atoms with Gasteiger partial charge in [0.05, 0.1) is 6.04 Å². The molecule has 4 atom stereocenters. The van der Waals surface area contributed by atoms with E-state index in [1.807, 2.05) is 0 Å². The van der Waals surface area contributed by atoms with Gasteiger partial charge in [0.25, 0.3) is 0 Å². The van der Waals surface area contributed by atoms with Gasteiger partial charge in [0.15, 0.2) is 0 Å². The first-order chi connectivity index (χ1) is 6.56. The monoisotopic (exact) mass is 193 g/mol. The van der Waals surface area contributed by atoms with Gasteiger partial charge in [-0.05, 0) is 25.7 Å². The maximum atomic E-state index is 4.79. The second kappa shape index (κ2) is 4.77. The Morgan fingerprint density at radius 1 is 1.21 bits per heavy atom. The third-order valence-electron chi connectivity index (χ3n) is 3.54. The molecule has 0 N–H and O–H groups in total. The third-order valence-corrected chi connectivity index (χ3v) is 3.54. The Bertz CT molecular complexity index is 240. The number of hydrogen-bond acceptors (Lipinski definition) is 1. The van der Waals surface area contributed by atoms with Gasteiger partial charge in [0, 0.05) is 11.6 Å². The van der Waals surface area contributed by atoms with Gasteiger partial charge in [-0.2, -0.15) is 0 Å². The molecule has 0 aromatic carbocycles. The number of aliphatic imine (C=N–C) groups is 1. The van der Waals surface area contributed by atoms with Crippen molar-refractivity contribution in [3.05, 3.63) is 12.2 Å². The van der Waals surface area contributed by atoms with E-state index in [0.717, 1.165) is 0 Å². The standard InChI is InChI=1S/C13H23N/c1-6-13-10(3)8-7-9(2)11(4)14-12(13)5/h7-10,12-13H,6H2,1-5H3/b8-7-,14-11-/t9-,10+,12+,13-/m1/s1. The van der Waals surface area contributed by atoms with Crippen LogP contribution in [0.1, 0.15) is 41.0 Å². The minimum Gasteiger partial charge on any atom is -0.290 e. The van der Waals surface area contributed by atoms with Crippen LogP contribution in [-0.2, 0) is 0 Å². The molecule has 1 nitrogen and oxygen atoms in total. The van der Waals surface area contributed by atoms with Crippen molar-refractivity contribution in [1.29, 1.82) is 0 Å². The summed E-state index contributed by atoms with van der Waals surface area (Å²) >= 11 is 0. The van der Waals surface area contributed by atoms with Gasteiger partial charge < -0.3 is 0 Å². The molecule has 0 saturated carbocycles. The highest BCUT2D eigenvalue weighted by Gasteiger charge is 2.22. The summed E-state index contributed by atoms with van der Waals surface area (Å²) in [6.07, 6.45) is 5.89. The fourth-order valence-electron chi connectivity index (χ4n) is 2.31. The van der Waals surface area contributed by atoms with Crippen LogP contribution in [0.25, 0.3) is 0 Å². The van der Waals surface area contributed by atoms with Crippen LogP contribution < -0.4 is 0 Å². The Hall–Kier alpha value is -0.590. The first-order valence-electron chi connectivity index (χ1n) is 5.78. The number of allylic oxidation sites excluding steroid dienone is 2. The van der Waals surface area contributed by atoms with Crippen molar-refractivity contribution in [2.45, 2.75) is 47.1 Å². The van der Waals surface area contributed by atoms with Gasteiger partial charge in [-0.1, -0.05) is 39.3 Å². The predicted octanol–water partition coefficient (Wildman–Crippen LogP) is 3.70. The summed E-state index contributed by atoms with van der Waals surface area (Å²) in [5.41, 5.74) is 1.28. The van der Waals surface area contributed by atoms with Gasteiger partial charge in [-0.25, -0.2) is 0 Å². The topological polar surface area (TPSA) is 12.4 Å². The quantitative estimate of drug-likeness (QED) is 0.563. The van der Waals surface area contributed by atoms with Crippen LogP contribution >= 0.6 is 0 Å². The fraction of sp³-hybridized carbons (Fsp3) is 0.769. The molecule has 0 saturated heterocycles. The highest BCUT2D eigenvalue weighted by Crippen LogP contribution is 2.26. The number of nitrogens with zero attached hydrogens (tertiary/aromatic N) is 1. The van der Waals surface area contributed by atoms with Crippen molar-refractivity contribution < 1.29 is 0 Å². The van der Waals surface area contributed by atoms with Crippen LogP contribution in [0.5, 0.6) is 0 Å². The summed E-state index contributed by atoms with van der Waals surface area (Å²) in [5.74, 6) is 1.88. The summed E-state index contributed by atoms with van der Waals surface area (Å²) in [6.45, 7) is 11.2. The van der Waals surface area contributed by atoms with Crippen LogP contribution in [0.2, 0.25) is 0 Å². The molecule has 1 rings (SSSR count). The molecule has 1 heteroatoms. The summed E-state index contributed by atoms with van der Waals surface area (Å²) in [5, 5.41) is 0. The zero-order valence-electron chi connectivity index (χ0n) is 10.1. The number of hydrogen-bond donors (Lipinski definition) is 0. The van der Waals surface area contributed by atoms with Gasteiger partial charge in [0.2, 0.25) is 0 Å². The summed E-state index contributed by atoms with van der Waals surface area (Å²) in [4.78, 5) is 4.79. The van der Waals surface area contributed by atoms with E-state index in [1.165, 1.54) is 12.1 Å². The molecular formula is C13H23N. The molecule has 14 heavy (non-hydrogen) atoms. The Labute approximate surface area is 88.3 Å². The molecule has 0 aliphatic carbocycles. The third kappa shape index (κ3) is 2.46. The van der Waals surface area contributed by atoms with E-state index in [4.69, 9.17) is 4.99 Å². The van der Waals surface area contributed by atoms with Crippen LogP contribution in [0.3, 0.4) is 0 Å². The molecule has 0 fully saturated rings. The lowest BCUT2D eigenvalue weighted by Crippen LogP contribution is -2.25. The second-order valence-corrected chi connectivity index (χ2v) is 4.62. The van der Waals surface area contributed by atoms with E-state index >= 15 is 0 Å². The lowest BCUT2D eigenvalue weighted by molar-refractivity contribution is 0.347. The van der Waals surface area contributed by atoms with Crippen molar-refractivity contribution in [1.82, 2.24) is 0 Å². The van der Waals surface area contributed by atoms with Crippen molar-refractivity contribution in [2.75, 3.05) is 0 Å². The molecule has 1 aliphatic heterocycles. The van der Waals surface area contributed by atoms with Gasteiger partial charge in [-0.15, -0.1) is 0 Å². The Morgan fingerprint density at radius 3 is 2.43 bits per heavy atom. The molecule has 0 amide bonds. The molecule has 1 heterocycles. The van der Waals surface area contributed by atoms with Crippen LogP contribution in [0, 0.1) is 17.8 Å². The molecule has 0 aromatic heterocycles. The lowest BCUT2D eigenvalue weighted by Gasteiger charge is -2.27. The van der Waals surface area contributed by atoms with E-state index in [-0.39, 0.29) is 0 Å². The first kappa shape index (κ1) is 11.5. The molecule has 0 aromatic rings. The fourth-order valence-corrected chi connectivity index (χ4v) is 2.31. The summed E-state index contributed by atoms with van der Waals surface area (Å²) in [7, 11) is 0. The summed E-state index contributed by atoms with van der Waals surface area (Å²) < 4.78 is 0. The highest BCUT2D eigenvalue weighted by molar-refractivity contribution is 5.85. The van der Waals surface area contributed by atoms with E-state index in [9.17, 15) is 0 Å². The predicted molar refractivity (Wildman–Crippen MR) is 63.8 cm³/mol. The highest BCUT2D eigenvalue weighted by atomic mass is 14.8. The van der Waals surface area contributed by atoms with Crippen LogP contribution in [0.15, 0.2) is 17.1 Å². The second-order valence-electron chi connectivity index (χ2n) is 4.62. The SMILES string of the molecule is CC[C@H]1[C@H](C)/N=C(/C)[C@H](C)/C=C\[C@@H]1C. The van der Waals surface area contributed by atoms with E-state index in [1.54, 1.807) is 0 Å². The minimum absolute atomic E-state index is 0.474. The van der Waals surface area contributed by atoms with Crippen molar-refractivity contribution in [2.24, 2.45) is 22.7 Å². The molecule has 1 aliphatic rings. The van der Waals surface area contributed by atoms with Crippen LogP contribution in [0.4, 0.5) is 0 Å². The maximum Gasteiger partial charge on any atom is 0.0504 e. The Morgan fingerprint density at radius 2 is 1.86 bits per heavy atom. The molecule has 0 bridgehead atoms. The normalized spacial score (nSPS) is 44.8. The molecule has 0 spiro atoms. The molecular weight excluding hydrogens is 170 g/mol. The maximum absolute atomic E-state index is 4.79. The average molecular weight is 193 g/mol. The van der Waals surface area contributed by atoms with E-state index < -0.39 is 0 Å². The lowest BCUT2D eigenvalue weighted by atomic mass is 9.83. The van der Waals surface area contributed by atoms with Crippen LogP contribution in [-0.4, -0.2) is 11.8 Å². The summed E-state index contributed by atoms with van der Waals surface area (Å²) in [6, 6.07) is 0.474. The Kier molecular flexibility index (Phi) is 3.91. The van der Waals surface area contributed by atoms with Gasteiger partial charge in [-0.3, -0.25) is 4.99 Å².